The zero-order chi connectivity index (χ0) is 13.0. The molecule has 18 heavy (non-hydrogen) atoms. The molecule has 0 radical (unpaired) electrons. The quantitative estimate of drug-likeness (QED) is 0.862. The van der Waals surface area contributed by atoms with E-state index in [-0.39, 0.29) is 5.60 Å². The topological polar surface area (TPSA) is 43.4 Å². The minimum Gasteiger partial charge on any atom is -0.378 e. The summed E-state index contributed by atoms with van der Waals surface area (Å²) in [5, 5.41) is 4.32. The van der Waals surface area contributed by atoms with Crippen LogP contribution < -0.4 is 5.32 Å². The molecule has 4 nitrogen and oxygen atoms in total. The van der Waals surface area contributed by atoms with Crippen molar-refractivity contribution in [3.63, 3.8) is 0 Å². The van der Waals surface area contributed by atoms with Crippen LogP contribution >= 0.6 is 11.3 Å². The highest BCUT2D eigenvalue weighted by atomic mass is 32.1. The van der Waals surface area contributed by atoms with Crippen LogP contribution in [0, 0.1) is 0 Å². The Morgan fingerprint density at radius 2 is 2.06 bits per heavy atom. The molecule has 0 atom stereocenters. The maximum absolute atomic E-state index is 5.80. The predicted octanol–water partition coefficient (Wildman–Crippen LogP) is 2.42. The Balaban J connectivity index is 2.29. The Morgan fingerprint density at radius 3 is 2.61 bits per heavy atom. The predicted molar refractivity (Wildman–Crippen MR) is 72.7 cm³/mol. The molecule has 5 heteroatoms. The van der Waals surface area contributed by atoms with E-state index in [0.29, 0.717) is 6.61 Å². The van der Waals surface area contributed by atoms with Crippen molar-refractivity contribution in [1.29, 1.82) is 0 Å². The van der Waals surface area contributed by atoms with Gasteiger partial charge in [0.1, 0.15) is 10.6 Å². The number of nitrogens with zero attached hydrogens (tertiary/aromatic N) is 1. The number of hydrogen-bond donors (Lipinski definition) is 1. The molecule has 1 fully saturated rings. The van der Waals surface area contributed by atoms with E-state index >= 15 is 0 Å². The summed E-state index contributed by atoms with van der Waals surface area (Å²) >= 11 is 1.77. The van der Waals surface area contributed by atoms with Crippen LogP contribution in [0.3, 0.4) is 0 Å². The highest BCUT2D eigenvalue weighted by Crippen LogP contribution is 2.43. The van der Waals surface area contributed by atoms with Gasteiger partial charge < -0.3 is 14.8 Å². The third kappa shape index (κ3) is 2.59. The zero-order valence-electron chi connectivity index (χ0n) is 11.4. The van der Waals surface area contributed by atoms with E-state index in [2.05, 4.69) is 5.32 Å². The molecule has 1 aliphatic carbocycles. The van der Waals surface area contributed by atoms with Crippen molar-refractivity contribution >= 4 is 11.3 Å². The van der Waals surface area contributed by atoms with Crippen LogP contribution in [0.1, 0.15) is 41.3 Å². The molecule has 0 aliphatic heterocycles. The van der Waals surface area contributed by atoms with E-state index in [1.807, 2.05) is 7.05 Å². The Labute approximate surface area is 113 Å². The second-order valence-electron chi connectivity index (χ2n) is 4.76. The third-order valence-electron chi connectivity index (χ3n) is 3.59. The molecule has 0 saturated heterocycles. The number of rotatable bonds is 6. The van der Waals surface area contributed by atoms with Crippen LogP contribution in [-0.4, -0.2) is 26.3 Å². The van der Waals surface area contributed by atoms with Crippen molar-refractivity contribution in [3.05, 3.63) is 15.6 Å². The third-order valence-corrected chi connectivity index (χ3v) is 4.87. The fourth-order valence-corrected chi connectivity index (χ4v) is 3.88. The zero-order valence-corrected chi connectivity index (χ0v) is 12.2. The van der Waals surface area contributed by atoms with Gasteiger partial charge in [0.15, 0.2) is 0 Å². The van der Waals surface area contributed by atoms with Gasteiger partial charge in [0.25, 0.3) is 0 Å². The molecular formula is C13H22N2O2S. The first-order valence-corrected chi connectivity index (χ1v) is 7.25. The lowest BCUT2D eigenvalue weighted by Crippen LogP contribution is -2.24. The summed E-state index contributed by atoms with van der Waals surface area (Å²) < 4.78 is 11.0. The summed E-state index contributed by atoms with van der Waals surface area (Å²) in [5.74, 6) is 0. The highest BCUT2D eigenvalue weighted by molar-refractivity contribution is 7.11. The smallest absolute Gasteiger partial charge is 0.125 e. The van der Waals surface area contributed by atoms with Crippen molar-refractivity contribution in [2.24, 2.45) is 0 Å². The molecule has 1 aromatic rings. The number of ether oxygens (including phenoxy) is 2. The van der Waals surface area contributed by atoms with Gasteiger partial charge in [-0.15, -0.1) is 11.3 Å². The van der Waals surface area contributed by atoms with Gasteiger partial charge >= 0.3 is 0 Å². The molecule has 1 saturated carbocycles. The molecule has 0 aromatic carbocycles. The largest absolute Gasteiger partial charge is 0.378 e. The molecule has 1 aliphatic rings. The Kier molecular flexibility index (Phi) is 4.72. The summed E-state index contributed by atoms with van der Waals surface area (Å²) in [7, 11) is 5.47. The first-order valence-electron chi connectivity index (χ1n) is 6.43. The molecule has 0 unspecified atom stereocenters. The summed E-state index contributed by atoms with van der Waals surface area (Å²) in [4.78, 5) is 6.03. The first-order chi connectivity index (χ1) is 8.75. The fourth-order valence-electron chi connectivity index (χ4n) is 2.58. The molecule has 0 amide bonds. The molecule has 1 aromatic heterocycles. The monoisotopic (exact) mass is 270 g/mol. The Bertz CT molecular complexity index is 363. The molecule has 2 rings (SSSR count). The number of nitrogens with one attached hydrogen (secondary N) is 1. The lowest BCUT2D eigenvalue weighted by molar-refractivity contribution is -0.00911. The molecule has 102 valence electrons. The van der Waals surface area contributed by atoms with E-state index in [1.54, 1.807) is 25.6 Å². The van der Waals surface area contributed by atoms with Crippen LogP contribution in [0.2, 0.25) is 0 Å². The first kappa shape index (κ1) is 13.9. The summed E-state index contributed by atoms with van der Waals surface area (Å²) in [6.07, 6.45) is 4.63. The van der Waals surface area contributed by atoms with Gasteiger partial charge in [0.05, 0.1) is 12.3 Å². The van der Waals surface area contributed by atoms with Crippen molar-refractivity contribution in [1.82, 2.24) is 10.3 Å². The second kappa shape index (κ2) is 6.10. The van der Waals surface area contributed by atoms with Crippen molar-refractivity contribution < 1.29 is 9.47 Å². The van der Waals surface area contributed by atoms with Crippen molar-refractivity contribution in [3.8, 4) is 0 Å². The standard InChI is InChI=1S/C13H22N2O2S/c1-14-8-11-10(9-16-2)15-12(18-11)13(17-3)6-4-5-7-13/h14H,4-9H2,1-3H3. The van der Waals surface area contributed by atoms with E-state index in [1.165, 1.54) is 17.7 Å². The van der Waals surface area contributed by atoms with Crippen LogP contribution in [0.15, 0.2) is 0 Å². The summed E-state index contributed by atoms with van der Waals surface area (Å²) in [6.45, 7) is 1.42. The molecular weight excluding hydrogens is 248 g/mol. The van der Waals surface area contributed by atoms with Crippen molar-refractivity contribution in [2.75, 3.05) is 21.3 Å². The normalized spacial score (nSPS) is 18.4. The number of methoxy groups -OCH3 is 2. The van der Waals surface area contributed by atoms with E-state index in [0.717, 1.165) is 30.1 Å². The minimum absolute atomic E-state index is 0.140. The summed E-state index contributed by atoms with van der Waals surface area (Å²) in [6, 6.07) is 0. The van der Waals surface area contributed by atoms with Crippen molar-refractivity contribution in [2.45, 2.75) is 44.4 Å². The van der Waals surface area contributed by atoms with Gasteiger partial charge in [-0.1, -0.05) is 12.8 Å². The molecule has 1 N–H and O–H groups in total. The van der Waals surface area contributed by atoms with Gasteiger partial charge in [0.2, 0.25) is 0 Å². The van der Waals surface area contributed by atoms with Crippen LogP contribution in [0.5, 0.6) is 0 Å². The van der Waals surface area contributed by atoms with Gasteiger partial charge in [-0.3, -0.25) is 0 Å². The molecule has 1 heterocycles. The lowest BCUT2D eigenvalue weighted by Gasteiger charge is -2.24. The lowest BCUT2D eigenvalue weighted by atomic mass is 10.0. The van der Waals surface area contributed by atoms with Crippen LogP contribution in [0.25, 0.3) is 0 Å². The van der Waals surface area contributed by atoms with Gasteiger partial charge in [-0.2, -0.15) is 0 Å². The van der Waals surface area contributed by atoms with Gasteiger partial charge in [-0.25, -0.2) is 4.98 Å². The fraction of sp³-hybridized carbons (Fsp3) is 0.769. The SMILES string of the molecule is CNCc1sc(C2(OC)CCCC2)nc1COC. The van der Waals surface area contributed by atoms with E-state index in [4.69, 9.17) is 14.5 Å². The average molecular weight is 270 g/mol. The van der Waals surface area contributed by atoms with E-state index in [9.17, 15) is 0 Å². The number of hydrogen-bond acceptors (Lipinski definition) is 5. The average Bonchev–Trinajstić information content (AvgIpc) is 2.98. The second-order valence-corrected chi connectivity index (χ2v) is 5.84. The highest BCUT2D eigenvalue weighted by Gasteiger charge is 2.39. The number of thiazole rings is 1. The minimum atomic E-state index is -0.140. The molecule has 0 bridgehead atoms. The Morgan fingerprint density at radius 1 is 1.33 bits per heavy atom. The molecule has 0 spiro atoms. The van der Waals surface area contributed by atoms with Gasteiger partial charge in [0, 0.05) is 25.6 Å². The van der Waals surface area contributed by atoms with Gasteiger partial charge in [-0.05, 0) is 19.9 Å². The summed E-state index contributed by atoms with van der Waals surface area (Å²) in [5.41, 5.74) is 0.911. The van der Waals surface area contributed by atoms with Crippen LogP contribution in [-0.2, 0) is 28.2 Å². The van der Waals surface area contributed by atoms with Crippen LogP contribution in [0.4, 0.5) is 0 Å². The van der Waals surface area contributed by atoms with E-state index < -0.39 is 0 Å². The Hall–Kier alpha value is -0.490. The maximum Gasteiger partial charge on any atom is 0.125 e. The maximum atomic E-state index is 5.80. The number of aromatic nitrogens is 1.